The summed E-state index contributed by atoms with van der Waals surface area (Å²) in [5.41, 5.74) is 0. The topological polar surface area (TPSA) is 0 Å². The van der Waals surface area contributed by atoms with Crippen LogP contribution in [0.4, 0.5) is 0 Å². The lowest BCUT2D eigenvalue weighted by Gasteiger charge is -2.48. The average molecular weight is 170 g/mol. The third-order valence-corrected chi connectivity index (χ3v) is 7.47. The van der Waals surface area contributed by atoms with Gasteiger partial charge >= 0.3 is 0 Å². The minimum atomic E-state index is 0.222. The van der Waals surface area contributed by atoms with E-state index in [1.165, 1.54) is 19.3 Å². The molecule has 11 heavy (non-hydrogen) atoms. The summed E-state index contributed by atoms with van der Waals surface area (Å²) < 4.78 is 0. The summed E-state index contributed by atoms with van der Waals surface area (Å²) >= 11 is 0. The molecule has 0 atom stereocenters. The molecule has 0 aliphatic carbocycles. The van der Waals surface area contributed by atoms with Gasteiger partial charge in [0.1, 0.15) is 7.57 Å². The molecule has 0 spiro atoms. The van der Waals surface area contributed by atoms with Gasteiger partial charge in [-0.25, -0.2) is 0 Å². The highest BCUT2D eigenvalue weighted by Crippen LogP contribution is 2.62. The summed E-state index contributed by atoms with van der Waals surface area (Å²) in [6, 6.07) is 0. The van der Waals surface area contributed by atoms with E-state index in [2.05, 4.69) is 35.3 Å². The van der Waals surface area contributed by atoms with E-state index in [-0.39, 0.29) is 7.80 Å². The standard InChI is InChI=1S/C9H20BP/c1-8(2)6-5-7-9(3,4)11(8)10/h5-7,10H2,1-4H3. The quantitative estimate of drug-likeness (QED) is 0.387. The highest BCUT2D eigenvalue weighted by atomic mass is 31.1. The van der Waals surface area contributed by atoms with Crippen molar-refractivity contribution in [2.45, 2.75) is 57.3 Å². The van der Waals surface area contributed by atoms with Crippen molar-refractivity contribution in [3.05, 3.63) is 0 Å². The zero-order valence-corrected chi connectivity index (χ0v) is 9.46. The molecule has 0 bridgehead atoms. The van der Waals surface area contributed by atoms with Crippen molar-refractivity contribution in [1.29, 1.82) is 0 Å². The first-order chi connectivity index (χ1) is 4.86. The number of hydrogen-bond donors (Lipinski definition) is 0. The van der Waals surface area contributed by atoms with E-state index in [9.17, 15) is 0 Å². The van der Waals surface area contributed by atoms with Gasteiger partial charge in [0, 0.05) is 0 Å². The van der Waals surface area contributed by atoms with Crippen LogP contribution in [-0.4, -0.2) is 17.9 Å². The Labute approximate surface area is 73.3 Å². The van der Waals surface area contributed by atoms with Crippen molar-refractivity contribution < 1.29 is 0 Å². The van der Waals surface area contributed by atoms with Crippen LogP contribution in [0.1, 0.15) is 47.0 Å². The fourth-order valence-corrected chi connectivity index (χ4v) is 4.73. The lowest BCUT2D eigenvalue weighted by atomic mass is 9.98. The maximum absolute atomic E-state index is 2.48. The van der Waals surface area contributed by atoms with Crippen molar-refractivity contribution >= 4 is 15.4 Å². The van der Waals surface area contributed by atoms with Crippen LogP contribution >= 0.6 is 7.80 Å². The molecule has 0 radical (unpaired) electrons. The van der Waals surface area contributed by atoms with Crippen molar-refractivity contribution in [3.8, 4) is 0 Å². The smallest absolute Gasteiger partial charge is 0.135 e. The van der Waals surface area contributed by atoms with Gasteiger partial charge in [-0.15, -0.1) is 7.80 Å². The Morgan fingerprint density at radius 1 is 1.00 bits per heavy atom. The summed E-state index contributed by atoms with van der Waals surface area (Å²) in [6.07, 6.45) is 4.32. The normalized spacial score (nSPS) is 30.2. The van der Waals surface area contributed by atoms with Crippen molar-refractivity contribution in [3.63, 3.8) is 0 Å². The Morgan fingerprint density at radius 2 is 1.36 bits per heavy atom. The molecule has 0 aromatic carbocycles. The minimum Gasteiger partial charge on any atom is -0.138 e. The van der Waals surface area contributed by atoms with E-state index in [0.717, 1.165) is 0 Å². The van der Waals surface area contributed by atoms with E-state index in [1.54, 1.807) is 0 Å². The van der Waals surface area contributed by atoms with Crippen LogP contribution in [0.25, 0.3) is 0 Å². The molecule has 1 aliphatic heterocycles. The summed E-state index contributed by atoms with van der Waals surface area (Å²) in [5, 5.41) is 1.27. The second kappa shape index (κ2) is 2.77. The molecule has 0 N–H and O–H groups in total. The second-order valence-electron chi connectivity index (χ2n) is 5.04. The first kappa shape index (κ1) is 9.58. The van der Waals surface area contributed by atoms with Gasteiger partial charge in [0.2, 0.25) is 0 Å². The van der Waals surface area contributed by atoms with E-state index < -0.39 is 0 Å². The lowest BCUT2D eigenvalue weighted by molar-refractivity contribution is 0.473. The monoisotopic (exact) mass is 170 g/mol. The SMILES string of the molecule is BP1C(C)(C)CCCC1(C)C. The van der Waals surface area contributed by atoms with Crippen LogP contribution in [0.3, 0.4) is 0 Å². The van der Waals surface area contributed by atoms with E-state index in [1.807, 2.05) is 0 Å². The van der Waals surface area contributed by atoms with Crippen LogP contribution in [-0.2, 0) is 0 Å². The average Bonchev–Trinajstić information content (AvgIpc) is 1.82. The predicted molar refractivity (Wildman–Crippen MR) is 57.5 cm³/mol. The molecule has 1 fully saturated rings. The van der Waals surface area contributed by atoms with Gasteiger partial charge in [-0.2, -0.15) is 0 Å². The summed E-state index contributed by atoms with van der Waals surface area (Å²) in [6.45, 7) is 9.78. The molecule has 0 nitrogen and oxygen atoms in total. The molecule has 0 aromatic heterocycles. The van der Waals surface area contributed by atoms with Gasteiger partial charge in [-0.1, -0.05) is 34.1 Å². The van der Waals surface area contributed by atoms with Crippen LogP contribution in [0.5, 0.6) is 0 Å². The van der Waals surface area contributed by atoms with Crippen LogP contribution in [0.2, 0.25) is 0 Å². The third-order valence-electron chi connectivity index (χ3n) is 3.39. The predicted octanol–water partition coefficient (Wildman–Crippen LogP) is 2.76. The third kappa shape index (κ3) is 1.80. The lowest BCUT2D eigenvalue weighted by Crippen LogP contribution is -2.34. The highest BCUT2D eigenvalue weighted by Gasteiger charge is 2.39. The zero-order chi connectivity index (χ0) is 8.70. The first-order valence-corrected chi connectivity index (χ1v) is 6.39. The van der Waals surface area contributed by atoms with Crippen LogP contribution in [0, 0.1) is 0 Å². The molecule has 0 saturated carbocycles. The largest absolute Gasteiger partial charge is 0.138 e. The Bertz CT molecular complexity index is 136. The van der Waals surface area contributed by atoms with E-state index >= 15 is 0 Å². The molecule has 1 rings (SSSR count). The van der Waals surface area contributed by atoms with Crippen LogP contribution < -0.4 is 0 Å². The molecule has 1 saturated heterocycles. The Morgan fingerprint density at radius 3 is 1.64 bits per heavy atom. The summed E-state index contributed by atoms with van der Waals surface area (Å²) in [5.74, 6) is 0. The zero-order valence-electron chi connectivity index (χ0n) is 8.57. The molecule has 0 aromatic rings. The number of hydrogen-bond acceptors (Lipinski definition) is 0. The van der Waals surface area contributed by atoms with Crippen LogP contribution in [0.15, 0.2) is 0 Å². The van der Waals surface area contributed by atoms with Gasteiger partial charge in [0.25, 0.3) is 0 Å². The van der Waals surface area contributed by atoms with Gasteiger partial charge in [0.15, 0.2) is 0 Å². The molecular formula is C9H20BP. The van der Waals surface area contributed by atoms with Gasteiger partial charge in [-0.05, 0) is 23.2 Å². The van der Waals surface area contributed by atoms with Gasteiger partial charge < -0.3 is 0 Å². The maximum atomic E-state index is 2.48. The Kier molecular flexibility index (Phi) is 2.41. The summed E-state index contributed by atoms with van der Waals surface area (Å²) in [7, 11) is 2.70. The number of rotatable bonds is 0. The van der Waals surface area contributed by atoms with Gasteiger partial charge in [-0.3, -0.25) is 0 Å². The van der Waals surface area contributed by atoms with Crippen molar-refractivity contribution in [1.82, 2.24) is 0 Å². The maximum Gasteiger partial charge on any atom is 0.135 e. The Balaban J connectivity index is 2.76. The summed E-state index contributed by atoms with van der Waals surface area (Å²) in [4.78, 5) is 0. The molecule has 0 amide bonds. The van der Waals surface area contributed by atoms with E-state index in [0.29, 0.717) is 10.3 Å². The molecular weight excluding hydrogens is 150 g/mol. The van der Waals surface area contributed by atoms with E-state index in [4.69, 9.17) is 0 Å². The second-order valence-corrected chi connectivity index (χ2v) is 8.58. The van der Waals surface area contributed by atoms with Crippen molar-refractivity contribution in [2.24, 2.45) is 0 Å². The molecule has 0 unspecified atom stereocenters. The highest BCUT2D eigenvalue weighted by molar-refractivity contribution is 7.84. The Hall–Kier alpha value is 0.495. The fourth-order valence-electron chi connectivity index (χ4n) is 2.11. The minimum absolute atomic E-state index is 0.222. The molecule has 1 heterocycles. The van der Waals surface area contributed by atoms with Gasteiger partial charge in [0.05, 0.1) is 0 Å². The van der Waals surface area contributed by atoms with Crippen molar-refractivity contribution in [2.75, 3.05) is 0 Å². The fraction of sp³-hybridized carbons (Fsp3) is 1.00. The molecule has 1 aliphatic rings. The molecule has 2 heteroatoms. The molecule has 64 valence electrons. The first-order valence-electron chi connectivity index (χ1n) is 4.60.